The Kier molecular flexibility index (Phi) is 4.45. The van der Waals surface area contributed by atoms with Crippen molar-refractivity contribution >= 4 is 34.2 Å². The fraction of sp³-hybridized carbons (Fsp3) is 0.333. The first-order chi connectivity index (χ1) is 11.9. The van der Waals surface area contributed by atoms with Gasteiger partial charge in [-0.3, -0.25) is 19.6 Å². The number of nitrogens with one attached hydrogen (secondary N) is 2. The largest absolute Gasteiger partial charge is 0.365 e. The van der Waals surface area contributed by atoms with Gasteiger partial charge < -0.3 is 16.8 Å². The highest BCUT2D eigenvalue weighted by Gasteiger charge is 2.29. The summed E-state index contributed by atoms with van der Waals surface area (Å²) >= 11 is 1.24. The highest BCUT2D eigenvalue weighted by atomic mass is 32.1. The van der Waals surface area contributed by atoms with Crippen molar-refractivity contribution < 1.29 is 14.4 Å². The maximum atomic E-state index is 11.8. The van der Waals surface area contributed by atoms with Crippen LogP contribution in [-0.4, -0.2) is 34.2 Å². The zero-order chi connectivity index (χ0) is 18.1. The smallest absolute Gasteiger partial charge is 0.317 e. The first-order valence-electron chi connectivity index (χ1n) is 7.76. The number of fused-ring (bicyclic) bond motifs is 3. The predicted molar refractivity (Wildman–Crippen MR) is 93.4 cm³/mol. The molecule has 132 valence electrons. The standard InChI is InChI=1S/C15H18N6O3S/c1-2-18-10(22)6-21-5-8-9(20-21)4-3-7-11(13(16)23)14(19-15(17)24)25-12(7)8/h5H,2-4,6H2,1H3,(H2,16,23)(H,18,22)(H3,17,19,24). The second-order valence-electron chi connectivity index (χ2n) is 5.61. The van der Waals surface area contributed by atoms with Gasteiger partial charge in [0.15, 0.2) is 0 Å². The molecule has 0 aromatic carbocycles. The molecule has 1 aliphatic rings. The average Bonchev–Trinajstić information content (AvgIpc) is 3.06. The van der Waals surface area contributed by atoms with Gasteiger partial charge >= 0.3 is 6.03 Å². The molecular weight excluding hydrogens is 344 g/mol. The van der Waals surface area contributed by atoms with E-state index in [-0.39, 0.29) is 12.5 Å². The van der Waals surface area contributed by atoms with Crippen molar-refractivity contribution in [2.45, 2.75) is 26.3 Å². The van der Waals surface area contributed by atoms with Crippen molar-refractivity contribution in [3.8, 4) is 10.4 Å². The molecule has 0 spiro atoms. The molecule has 0 radical (unpaired) electrons. The number of urea groups is 1. The van der Waals surface area contributed by atoms with Gasteiger partial charge in [0, 0.05) is 23.2 Å². The van der Waals surface area contributed by atoms with E-state index in [1.165, 1.54) is 11.3 Å². The lowest BCUT2D eigenvalue weighted by molar-refractivity contribution is -0.121. The molecule has 10 heteroatoms. The average molecular weight is 362 g/mol. The Bertz CT molecular complexity index is 869. The van der Waals surface area contributed by atoms with E-state index in [2.05, 4.69) is 15.7 Å². The fourth-order valence-electron chi connectivity index (χ4n) is 2.94. The number of nitrogens with two attached hydrogens (primary N) is 2. The number of carbonyl (C=O) groups excluding carboxylic acids is 3. The molecule has 3 rings (SSSR count). The summed E-state index contributed by atoms with van der Waals surface area (Å²) in [5, 5.41) is 9.98. The number of primary amides is 2. The summed E-state index contributed by atoms with van der Waals surface area (Å²) in [5.41, 5.74) is 13.4. The fourth-order valence-corrected chi connectivity index (χ4v) is 4.23. The number of nitrogens with zero attached hydrogens (tertiary/aromatic N) is 2. The van der Waals surface area contributed by atoms with Crippen molar-refractivity contribution in [1.29, 1.82) is 0 Å². The molecule has 0 saturated carbocycles. The zero-order valence-corrected chi connectivity index (χ0v) is 14.4. The lowest BCUT2D eigenvalue weighted by Crippen LogP contribution is -2.27. The van der Waals surface area contributed by atoms with E-state index in [4.69, 9.17) is 11.5 Å². The van der Waals surface area contributed by atoms with Crippen LogP contribution in [0.3, 0.4) is 0 Å². The van der Waals surface area contributed by atoms with Gasteiger partial charge in [0.2, 0.25) is 5.91 Å². The number of aromatic nitrogens is 2. The molecule has 0 unspecified atom stereocenters. The first-order valence-corrected chi connectivity index (χ1v) is 8.57. The molecule has 2 heterocycles. The second-order valence-corrected chi connectivity index (χ2v) is 6.63. The van der Waals surface area contributed by atoms with E-state index in [1.807, 2.05) is 6.92 Å². The van der Waals surface area contributed by atoms with Crippen molar-refractivity contribution in [1.82, 2.24) is 15.1 Å². The van der Waals surface area contributed by atoms with Crippen molar-refractivity contribution in [2.75, 3.05) is 11.9 Å². The van der Waals surface area contributed by atoms with Crippen molar-refractivity contribution in [3.05, 3.63) is 23.0 Å². The van der Waals surface area contributed by atoms with Crippen LogP contribution in [0.15, 0.2) is 6.20 Å². The van der Waals surface area contributed by atoms with Crippen LogP contribution < -0.4 is 22.1 Å². The van der Waals surface area contributed by atoms with Gasteiger partial charge in [0.05, 0.1) is 11.3 Å². The third kappa shape index (κ3) is 3.20. The summed E-state index contributed by atoms with van der Waals surface area (Å²) in [6, 6.07) is -0.756. The molecule has 4 amide bonds. The molecule has 0 aliphatic heterocycles. The molecule has 25 heavy (non-hydrogen) atoms. The minimum absolute atomic E-state index is 0.122. The van der Waals surface area contributed by atoms with Crippen molar-refractivity contribution in [3.63, 3.8) is 0 Å². The zero-order valence-electron chi connectivity index (χ0n) is 13.6. The molecule has 0 saturated heterocycles. The minimum atomic E-state index is -0.756. The lowest BCUT2D eigenvalue weighted by atomic mass is 9.94. The van der Waals surface area contributed by atoms with Gasteiger partial charge in [0.1, 0.15) is 11.5 Å². The Labute approximate surface area is 147 Å². The lowest BCUT2D eigenvalue weighted by Gasteiger charge is -2.11. The summed E-state index contributed by atoms with van der Waals surface area (Å²) in [4.78, 5) is 35.6. The van der Waals surface area contributed by atoms with Crippen LogP contribution in [0.1, 0.15) is 28.5 Å². The number of hydrogen-bond acceptors (Lipinski definition) is 5. The predicted octanol–water partition coefficient (Wildman–Crippen LogP) is 0.436. The minimum Gasteiger partial charge on any atom is -0.365 e. The Balaban J connectivity index is 2.01. The summed E-state index contributed by atoms with van der Waals surface area (Å²) in [7, 11) is 0. The number of amides is 4. The van der Waals surface area contributed by atoms with Gasteiger partial charge in [-0.05, 0) is 25.3 Å². The molecule has 2 aromatic rings. The number of anilines is 1. The maximum Gasteiger partial charge on any atom is 0.317 e. The van der Waals surface area contributed by atoms with Crippen LogP contribution in [0, 0.1) is 0 Å². The highest BCUT2D eigenvalue weighted by Crippen LogP contribution is 2.44. The Morgan fingerprint density at radius 3 is 2.72 bits per heavy atom. The highest BCUT2D eigenvalue weighted by molar-refractivity contribution is 7.20. The van der Waals surface area contributed by atoms with Gasteiger partial charge in [0.25, 0.3) is 5.91 Å². The third-order valence-electron chi connectivity index (χ3n) is 3.86. The van der Waals surface area contributed by atoms with Crippen molar-refractivity contribution in [2.24, 2.45) is 11.5 Å². The van der Waals surface area contributed by atoms with Crippen LogP contribution in [-0.2, 0) is 24.2 Å². The monoisotopic (exact) mass is 362 g/mol. The van der Waals surface area contributed by atoms with Gasteiger partial charge in [-0.25, -0.2) is 4.79 Å². The SMILES string of the molecule is CCNC(=O)Cn1cc2c(n1)CCc1c-2sc(NC(N)=O)c1C(N)=O. The molecule has 9 nitrogen and oxygen atoms in total. The molecular formula is C15H18N6O3S. The van der Waals surface area contributed by atoms with Gasteiger partial charge in [-0.2, -0.15) is 5.10 Å². The Morgan fingerprint density at radius 2 is 2.08 bits per heavy atom. The molecule has 0 fully saturated rings. The third-order valence-corrected chi connectivity index (χ3v) is 5.05. The topological polar surface area (TPSA) is 145 Å². The van der Waals surface area contributed by atoms with Crippen LogP contribution in [0.5, 0.6) is 0 Å². The van der Waals surface area contributed by atoms with E-state index in [0.29, 0.717) is 30.0 Å². The Morgan fingerprint density at radius 1 is 1.32 bits per heavy atom. The van der Waals surface area contributed by atoms with E-state index in [0.717, 1.165) is 21.7 Å². The van der Waals surface area contributed by atoms with E-state index < -0.39 is 11.9 Å². The van der Waals surface area contributed by atoms with Gasteiger partial charge in [-0.1, -0.05) is 0 Å². The number of likely N-dealkylation sites (N-methyl/N-ethyl adjacent to an activating group) is 1. The number of carbonyl (C=O) groups is 3. The molecule has 6 N–H and O–H groups in total. The van der Waals surface area contributed by atoms with Gasteiger partial charge in [-0.15, -0.1) is 11.3 Å². The van der Waals surface area contributed by atoms with Crippen LogP contribution in [0.25, 0.3) is 10.4 Å². The Hall–Kier alpha value is -2.88. The first kappa shape index (κ1) is 17.0. The maximum absolute atomic E-state index is 11.8. The second kappa shape index (κ2) is 6.55. The normalized spacial score (nSPS) is 12.2. The molecule has 0 bridgehead atoms. The number of rotatable bonds is 5. The van der Waals surface area contributed by atoms with E-state index in [9.17, 15) is 14.4 Å². The van der Waals surface area contributed by atoms with Crippen LogP contribution in [0.4, 0.5) is 9.80 Å². The summed E-state index contributed by atoms with van der Waals surface area (Å²) in [6.07, 6.45) is 2.98. The van der Waals surface area contributed by atoms with E-state index in [1.54, 1.807) is 10.9 Å². The molecule has 0 atom stereocenters. The number of aryl methyl sites for hydroxylation is 1. The molecule has 1 aliphatic carbocycles. The van der Waals surface area contributed by atoms with Crippen LogP contribution >= 0.6 is 11.3 Å². The summed E-state index contributed by atoms with van der Waals surface area (Å²) in [5.74, 6) is -0.734. The summed E-state index contributed by atoms with van der Waals surface area (Å²) in [6.45, 7) is 2.53. The molecule has 2 aromatic heterocycles. The number of thiophene rings is 1. The number of hydrogen-bond donors (Lipinski definition) is 4. The van der Waals surface area contributed by atoms with Crippen LogP contribution in [0.2, 0.25) is 0 Å². The quantitative estimate of drug-likeness (QED) is 0.611. The van der Waals surface area contributed by atoms with E-state index >= 15 is 0 Å². The summed E-state index contributed by atoms with van der Waals surface area (Å²) < 4.78 is 1.58.